The van der Waals surface area contributed by atoms with Crippen LogP contribution >= 0.6 is 0 Å². The highest BCUT2D eigenvalue weighted by Gasteiger charge is 2.19. The fourth-order valence-corrected chi connectivity index (χ4v) is 2.40. The fraction of sp³-hybridized carbons (Fsp3) is 0.300. The van der Waals surface area contributed by atoms with Crippen LogP contribution in [0.4, 0.5) is 5.69 Å². The molecule has 26 heavy (non-hydrogen) atoms. The van der Waals surface area contributed by atoms with Gasteiger partial charge in [-0.05, 0) is 50.6 Å². The first-order valence-corrected chi connectivity index (χ1v) is 8.35. The van der Waals surface area contributed by atoms with E-state index in [9.17, 15) is 9.59 Å². The maximum Gasteiger partial charge on any atom is 0.338 e. The normalized spacial score (nSPS) is 11.4. The number of para-hydroxylation sites is 2. The SMILES string of the molecule is CCOC(=O)c1cccc(NC(=O)C(C)Oc2ccccc2OC)c1C. The third kappa shape index (κ3) is 4.53. The molecule has 0 aliphatic carbocycles. The van der Waals surface area contributed by atoms with Gasteiger partial charge in [0, 0.05) is 5.69 Å². The number of amides is 1. The van der Waals surface area contributed by atoms with Crippen LogP contribution in [0.25, 0.3) is 0 Å². The number of methoxy groups -OCH3 is 1. The van der Waals surface area contributed by atoms with Gasteiger partial charge in [0.15, 0.2) is 17.6 Å². The number of hydrogen-bond donors (Lipinski definition) is 1. The van der Waals surface area contributed by atoms with E-state index in [0.717, 1.165) is 0 Å². The molecule has 0 saturated carbocycles. The smallest absolute Gasteiger partial charge is 0.338 e. The summed E-state index contributed by atoms with van der Waals surface area (Å²) in [6, 6.07) is 12.2. The van der Waals surface area contributed by atoms with Gasteiger partial charge in [-0.1, -0.05) is 18.2 Å². The van der Waals surface area contributed by atoms with Gasteiger partial charge in [0.2, 0.25) is 0 Å². The van der Waals surface area contributed by atoms with Crippen LogP contribution in [0.15, 0.2) is 42.5 Å². The van der Waals surface area contributed by atoms with Gasteiger partial charge in [-0.3, -0.25) is 4.79 Å². The van der Waals surface area contributed by atoms with Gasteiger partial charge in [-0.25, -0.2) is 4.79 Å². The molecule has 0 fully saturated rings. The molecular weight excluding hydrogens is 334 g/mol. The summed E-state index contributed by atoms with van der Waals surface area (Å²) in [7, 11) is 1.54. The Kier molecular flexibility index (Phi) is 6.60. The van der Waals surface area contributed by atoms with E-state index in [2.05, 4.69) is 5.32 Å². The minimum absolute atomic E-state index is 0.290. The fourth-order valence-electron chi connectivity index (χ4n) is 2.40. The zero-order chi connectivity index (χ0) is 19.1. The Morgan fingerprint density at radius 1 is 1.08 bits per heavy atom. The molecule has 0 radical (unpaired) electrons. The lowest BCUT2D eigenvalue weighted by molar-refractivity contribution is -0.122. The summed E-state index contributed by atoms with van der Waals surface area (Å²) in [5.41, 5.74) is 1.60. The Bertz CT molecular complexity index is 788. The van der Waals surface area contributed by atoms with Crippen LogP contribution in [0, 0.1) is 6.92 Å². The second kappa shape index (κ2) is 8.89. The molecule has 0 aliphatic rings. The lowest BCUT2D eigenvalue weighted by Crippen LogP contribution is -2.30. The lowest BCUT2D eigenvalue weighted by atomic mass is 10.1. The van der Waals surface area contributed by atoms with Gasteiger partial charge in [-0.2, -0.15) is 0 Å². The van der Waals surface area contributed by atoms with Gasteiger partial charge < -0.3 is 19.5 Å². The van der Waals surface area contributed by atoms with Crippen molar-refractivity contribution in [2.75, 3.05) is 19.0 Å². The summed E-state index contributed by atoms with van der Waals surface area (Å²) in [4.78, 5) is 24.5. The summed E-state index contributed by atoms with van der Waals surface area (Å²) in [6.45, 7) is 5.44. The molecule has 2 aromatic rings. The molecule has 0 aromatic heterocycles. The molecule has 0 aliphatic heterocycles. The summed E-state index contributed by atoms with van der Waals surface area (Å²) >= 11 is 0. The van der Waals surface area contributed by atoms with E-state index in [1.54, 1.807) is 57.2 Å². The van der Waals surface area contributed by atoms with Gasteiger partial charge in [-0.15, -0.1) is 0 Å². The number of rotatable bonds is 7. The van der Waals surface area contributed by atoms with Crippen LogP contribution in [0.1, 0.15) is 29.8 Å². The van der Waals surface area contributed by atoms with Crippen molar-refractivity contribution in [3.63, 3.8) is 0 Å². The zero-order valence-corrected chi connectivity index (χ0v) is 15.4. The number of hydrogen-bond acceptors (Lipinski definition) is 5. The molecule has 1 N–H and O–H groups in total. The molecule has 0 saturated heterocycles. The highest BCUT2D eigenvalue weighted by molar-refractivity contribution is 5.98. The minimum atomic E-state index is -0.753. The molecule has 1 amide bonds. The van der Waals surface area contributed by atoms with Crippen LogP contribution in [-0.2, 0) is 9.53 Å². The van der Waals surface area contributed by atoms with Crippen molar-refractivity contribution in [1.29, 1.82) is 0 Å². The molecule has 2 aromatic carbocycles. The van der Waals surface area contributed by atoms with E-state index in [0.29, 0.717) is 34.9 Å². The lowest BCUT2D eigenvalue weighted by Gasteiger charge is -2.18. The number of nitrogens with one attached hydrogen (secondary N) is 1. The van der Waals surface area contributed by atoms with Crippen molar-refractivity contribution in [2.24, 2.45) is 0 Å². The van der Waals surface area contributed by atoms with E-state index >= 15 is 0 Å². The first-order valence-electron chi connectivity index (χ1n) is 8.35. The molecule has 138 valence electrons. The maximum absolute atomic E-state index is 12.5. The van der Waals surface area contributed by atoms with E-state index in [1.807, 2.05) is 6.07 Å². The molecule has 6 heteroatoms. The van der Waals surface area contributed by atoms with Crippen molar-refractivity contribution in [2.45, 2.75) is 26.9 Å². The number of benzene rings is 2. The summed E-state index contributed by atoms with van der Waals surface area (Å²) in [5, 5.41) is 2.79. The molecule has 1 atom stereocenters. The van der Waals surface area contributed by atoms with Crippen molar-refractivity contribution < 1.29 is 23.8 Å². The Morgan fingerprint density at radius 2 is 1.77 bits per heavy atom. The quantitative estimate of drug-likeness (QED) is 0.767. The minimum Gasteiger partial charge on any atom is -0.493 e. The van der Waals surface area contributed by atoms with E-state index in [4.69, 9.17) is 14.2 Å². The van der Waals surface area contributed by atoms with Gasteiger partial charge in [0.25, 0.3) is 5.91 Å². The Morgan fingerprint density at radius 3 is 2.42 bits per heavy atom. The van der Waals surface area contributed by atoms with Gasteiger partial charge in [0.1, 0.15) is 0 Å². The molecule has 0 heterocycles. The Labute approximate surface area is 153 Å². The molecule has 6 nitrogen and oxygen atoms in total. The molecule has 0 bridgehead atoms. The van der Waals surface area contributed by atoms with Crippen LogP contribution < -0.4 is 14.8 Å². The first kappa shape index (κ1) is 19.3. The van der Waals surface area contributed by atoms with E-state index in [1.165, 1.54) is 7.11 Å². The summed E-state index contributed by atoms with van der Waals surface area (Å²) in [5.74, 6) is 0.279. The third-order valence-electron chi connectivity index (χ3n) is 3.83. The molecule has 1 unspecified atom stereocenters. The summed E-state index contributed by atoms with van der Waals surface area (Å²) in [6.07, 6.45) is -0.753. The average molecular weight is 357 g/mol. The average Bonchev–Trinajstić information content (AvgIpc) is 2.63. The largest absolute Gasteiger partial charge is 0.493 e. The van der Waals surface area contributed by atoms with E-state index in [-0.39, 0.29) is 5.91 Å². The van der Waals surface area contributed by atoms with Crippen molar-refractivity contribution >= 4 is 17.6 Å². The highest BCUT2D eigenvalue weighted by atomic mass is 16.5. The molecular formula is C20H23NO5. The number of esters is 1. The third-order valence-corrected chi connectivity index (χ3v) is 3.83. The van der Waals surface area contributed by atoms with E-state index < -0.39 is 12.1 Å². The van der Waals surface area contributed by atoms with Crippen LogP contribution in [0.5, 0.6) is 11.5 Å². The van der Waals surface area contributed by atoms with Crippen LogP contribution in [-0.4, -0.2) is 31.7 Å². The van der Waals surface area contributed by atoms with Crippen LogP contribution in [0.3, 0.4) is 0 Å². The maximum atomic E-state index is 12.5. The van der Waals surface area contributed by atoms with Crippen molar-refractivity contribution in [3.8, 4) is 11.5 Å². The Hall–Kier alpha value is -3.02. The molecule has 0 spiro atoms. The Balaban J connectivity index is 2.12. The number of carbonyl (C=O) groups is 2. The first-order chi connectivity index (χ1) is 12.5. The number of ether oxygens (including phenoxy) is 3. The zero-order valence-electron chi connectivity index (χ0n) is 15.4. The summed E-state index contributed by atoms with van der Waals surface area (Å²) < 4.78 is 15.9. The van der Waals surface area contributed by atoms with Crippen LogP contribution in [0.2, 0.25) is 0 Å². The van der Waals surface area contributed by atoms with Crippen molar-refractivity contribution in [3.05, 3.63) is 53.6 Å². The monoisotopic (exact) mass is 357 g/mol. The number of carbonyl (C=O) groups excluding carboxylic acids is 2. The molecule has 2 rings (SSSR count). The van der Waals surface area contributed by atoms with Gasteiger partial charge in [0.05, 0.1) is 19.3 Å². The van der Waals surface area contributed by atoms with Crippen molar-refractivity contribution in [1.82, 2.24) is 0 Å². The number of anilines is 1. The predicted molar refractivity (Wildman–Crippen MR) is 98.8 cm³/mol. The highest BCUT2D eigenvalue weighted by Crippen LogP contribution is 2.27. The second-order valence-corrected chi connectivity index (χ2v) is 5.60. The van der Waals surface area contributed by atoms with Gasteiger partial charge >= 0.3 is 5.97 Å². The predicted octanol–water partition coefficient (Wildman–Crippen LogP) is 3.59. The topological polar surface area (TPSA) is 73.9 Å². The second-order valence-electron chi connectivity index (χ2n) is 5.60. The standard InChI is InChI=1S/C20H23NO5/c1-5-25-20(23)15-9-8-10-16(13(15)2)21-19(22)14(3)26-18-12-7-6-11-17(18)24-4/h6-12,14H,5H2,1-4H3,(H,21,22).